The monoisotopic (exact) mass is 341 g/mol. The van der Waals surface area contributed by atoms with Crippen LogP contribution in [0.15, 0.2) is 46.3 Å². The summed E-state index contributed by atoms with van der Waals surface area (Å²) >= 11 is 5.17. The lowest BCUT2D eigenvalue weighted by atomic mass is 10.3. The molecule has 0 aliphatic heterocycles. The standard InChI is InChI=1S/C14H16BrNO2S/c15-13-6-7-19-14(13)9-16-8-11(17)10-18-12-4-2-1-3-5-12/h1-7,11,16-17H,8-10H2. The van der Waals surface area contributed by atoms with E-state index in [0.29, 0.717) is 13.2 Å². The number of nitrogens with one attached hydrogen (secondary N) is 1. The summed E-state index contributed by atoms with van der Waals surface area (Å²) < 4.78 is 6.59. The average molecular weight is 342 g/mol. The van der Waals surface area contributed by atoms with Crippen LogP contribution in [-0.2, 0) is 6.54 Å². The van der Waals surface area contributed by atoms with Gasteiger partial charge in [-0.1, -0.05) is 18.2 Å². The van der Waals surface area contributed by atoms with Crippen LogP contribution in [0.25, 0.3) is 0 Å². The SMILES string of the molecule is OC(CNCc1sccc1Br)COc1ccccc1. The second-order valence-electron chi connectivity index (χ2n) is 4.10. The number of hydrogen-bond acceptors (Lipinski definition) is 4. The van der Waals surface area contributed by atoms with Crippen LogP contribution in [0.1, 0.15) is 4.88 Å². The molecule has 2 aromatic rings. The highest BCUT2D eigenvalue weighted by Crippen LogP contribution is 2.22. The van der Waals surface area contributed by atoms with Gasteiger partial charge in [0, 0.05) is 22.4 Å². The van der Waals surface area contributed by atoms with Crippen LogP contribution in [0.3, 0.4) is 0 Å². The van der Waals surface area contributed by atoms with Gasteiger partial charge in [-0.3, -0.25) is 0 Å². The van der Waals surface area contributed by atoms with Gasteiger partial charge in [0.1, 0.15) is 18.5 Å². The van der Waals surface area contributed by atoms with E-state index in [9.17, 15) is 5.11 Å². The van der Waals surface area contributed by atoms with Crippen molar-refractivity contribution < 1.29 is 9.84 Å². The van der Waals surface area contributed by atoms with E-state index in [2.05, 4.69) is 21.2 Å². The first-order chi connectivity index (χ1) is 9.25. The molecule has 19 heavy (non-hydrogen) atoms. The largest absolute Gasteiger partial charge is 0.491 e. The lowest BCUT2D eigenvalue weighted by Gasteiger charge is -2.13. The number of benzene rings is 1. The molecular formula is C14H16BrNO2S. The van der Waals surface area contributed by atoms with Gasteiger partial charge in [-0.05, 0) is 39.5 Å². The Morgan fingerprint density at radius 1 is 1.26 bits per heavy atom. The molecule has 2 N–H and O–H groups in total. The molecule has 102 valence electrons. The number of para-hydroxylation sites is 1. The Labute approximate surface area is 125 Å². The Bertz CT molecular complexity index is 489. The molecule has 0 fully saturated rings. The fourth-order valence-electron chi connectivity index (χ4n) is 1.57. The Hall–Kier alpha value is -0.880. The van der Waals surface area contributed by atoms with Crippen molar-refractivity contribution in [3.8, 4) is 5.75 Å². The highest BCUT2D eigenvalue weighted by Gasteiger charge is 2.06. The number of rotatable bonds is 7. The van der Waals surface area contributed by atoms with E-state index in [4.69, 9.17) is 4.74 Å². The van der Waals surface area contributed by atoms with E-state index < -0.39 is 6.10 Å². The zero-order chi connectivity index (χ0) is 13.5. The molecule has 1 aromatic carbocycles. The maximum Gasteiger partial charge on any atom is 0.119 e. The minimum Gasteiger partial charge on any atom is -0.491 e. The Morgan fingerprint density at radius 2 is 2.05 bits per heavy atom. The molecule has 2 rings (SSSR count). The third-order valence-corrected chi connectivity index (χ3v) is 4.47. The normalized spacial score (nSPS) is 12.3. The molecule has 0 saturated heterocycles. The van der Waals surface area contributed by atoms with Gasteiger partial charge < -0.3 is 15.2 Å². The Kier molecular flexibility index (Phi) is 5.85. The van der Waals surface area contributed by atoms with Crippen LogP contribution in [0, 0.1) is 0 Å². The summed E-state index contributed by atoms with van der Waals surface area (Å²) in [7, 11) is 0. The van der Waals surface area contributed by atoms with E-state index in [-0.39, 0.29) is 0 Å². The number of halogens is 1. The number of hydrogen-bond donors (Lipinski definition) is 2. The van der Waals surface area contributed by atoms with E-state index >= 15 is 0 Å². The van der Waals surface area contributed by atoms with Crippen molar-refractivity contribution in [3.63, 3.8) is 0 Å². The summed E-state index contributed by atoms with van der Waals surface area (Å²) in [6.45, 7) is 1.56. The molecule has 3 nitrogen and oxygen atoms in total. The number of thiophene rings is 1. The molecule has 1 aromatic heterocycles. The lowest BCUT2D eigenvalue weighted by molar-refractivity contribution is 0.106. The first kappa shape index (κ1) is 14.5. The summed E-state index contributed by atoms with van der Waals surface area (Å²) in [5.74, 6) is 0.780. The quantitative estimate of drug-likeness (QED) is 0.813. The highest BCUT2D eigenvalue weighted by molar-refractivity contribution is 9.10. The Balaban J connectivity index is 1.65. The van der Waals surface area contributed by atoms with Crippen LogP contribution < -0.4 is 10.1 Å². The molecule has 0 aliphatic carbocycles. The van der Waals surface area contributed by atoms with Crippen molar-refractivity contribution in [2.24, 2.45) is 0 Å². The smallest absolute Gasteiger partial charge is 0.119 e. The van der Waals surface area contributed by atoms with Crippen LogP contribution in [0.2, 0.25) is 0 Å². The number of aliphatic hydroxyl groups excluding tert-OH is 1. The molecule has 0 amide bonds. The zero-order valence-corrected chi connectivity index (χ0v) is 12.8. The second kappa shape index (κ2) is 7.65. The van der Waals surface area contributed by atoms with Gasteiger partial charge in [-0.25, -0.2) is 0 Å². The van der Waals surface area contributed by atoms with Crippen molar-refractivity contribution in [2.45, 2.75) is 12.6 Å². The van der Waals surface area contributed by atoms with Gasteiger partial charge in [0.25, 0.3) is 0 Å². The van der Waals surface area contributed by atoms with Crippen molar-refractivity contribution in [1.82, 2.24) is 5.32 Å². The van der Waals surface area contributed by atoms with Gasteiger partial charge in [0.2, 0.25) is 0 Å². The predicted molar refractivity (Wildman–Crippen MR) is 81.7 cm³/mol. The first-order valence-electron chi connectivity index (χ1n) is 6.04. The topological polar surface area (TPSA) is 41.5 Å². The molecule has 1 heterocycles. The van der Waals surface area contributed by atoms with E-state index in [1.54, 1.807) is 11.3 Å². The van der Waals surface area contributed by atoms with Crippen LogP contribution in [-0.4, -0.2) is 24.4 Å². The van der Waals surface area contributed by atoms with Crippen LogP contribution in [0.5, 0.6) is 5.75 Å². The molecule has 1 atom stereocenters. The van der Waals surface area contributed by atoms with Gasteiger partial charge in [-0.15, -0.1) is 11.3 Å². The van der Waals surface area contributed by atoms with Crippen LogP contribution >= 0.6 is 27.3 Å². The third kappa shape index (κ3) is 4.95. The van der Waals surface area contributed by atoms with Crippen molar-refractivity contribution in [2.75, 3.05) is 13.2 Å². The third-order valence-electron chi connectivity index (χ3n) is 2.54. The summed E-state index contributed by atoms with van der Waals surface area (Å²) in [6.07, 6.45) is -0.515. The first-order valence-corrected chi connectivity index (χ1v) is 7.71. The van der Waals surface area contributed by atoms with Gasteiger partial charge >= 0.3 is 0 Å². The average Bonchev–Trinajstić information content (AvgIpc) is 2.83. The number of aliphatic hydroxyl groups is 1. The molecular weight excluding hydrogens is 326 g/mol. The zero-order valence-electron chi connectivity index (χ0n) is 10.4. The van der Waals surface area contributed by atoms with E-state index in [1.807, 2.05) is 41.8 Å². The predicted octanol–water partition coefficient (Wildman–Crippen LogP) is 3.04. The molecule has 5 heteroatoms. The second-order valence-corrected chi connectivity index (χ2v) is 5.96. The Morgan fingerprint density at radius 3 is 2.74 bits per heavy atom. The fourth-order valence-corrected chi connectivity index (χ4v) is 3.03. The summed E-state index contributed by atoms with van der Waals surface area (Å²) in [4.78, 5) is 1.23. The number of ether oxygens (including phenoxy) is 1. The van der Waals surface area contributed by atoms with E-state index in [0.717, 1.165) is 16.8 Å². The fraction of sp³-hybridized carbons (Fsp3) is 0.286. The lowest BCUT2D eigenvalue weighted by Crippen LogP contribution is -2.31. The molecule has 0 bridgehead atoms. The van der Waals surface area contributed by atoms with Gasteiger partial charge in [0.05, 0.1) is 0 Å². The molecule has 0 radical (unpaired) electrons. The molecule has 1 unspecified atom stereocenters. The van der Waals surface area contributed by atoms with Gasteiger partial charge in [-0.2, -0.15) is 0 Å². The minimum absolute atomic E-state index is 0.294. The van der Waals surface area contributed by atoms with Crippen LogP contribution in [0.4, 0.5) is 0 Å². The van der Waals surface area contributed by atoms with E-state index in [1.165, 1.54) is 4.88 Å². The maximum atomic E-state index is 9.81. The molecule has 0 aliphatic rings. The summed E-state index contributed by atoms with van der Waals surface area (Å²) in [5.41, 5.74) is 0. The van der Waals surface area contributed by atoms with Crippen molar-refractivity contribution in [1.29, 1.82) is 0 Å². The van der Waals surface area contributed by atoms with Gasteiger partial charge in [0.15, 0.2) is 0 Å². The van der Waals surface area contributed by atoms with Crippen molar-refractivity contribution >= 4 is 27.3 Å². The summed E-state index contributed by atoms with van der Waals surface area (Å²) in [6, 6.07) is 11.5. The minimum atomic E-state index is -0.515. The molecule has 0 saturated carbocycles. The maximum absolute atomic E-state index is 9.81. The summed E-state index contributed by atoms with van der Waals surface area (Å²) in [5, 5.41) is 15.1. The molecule has 0 spiro atoms. The highest BCUT2D eigenvalue weighted by atomic mass is 79.9. The van der Waals surface area contributed by atoms with Crippen molar-refractivity contribution in [3.05, 3.63) is 51.1 Å².